The van der Waals surface area contributed by atoms with Crippen LogP contribution >= 0.6 is 11.3 Å². The molecule has 10 heteroatoms. The average Bonchev–Trinajstić information content (AvgIpc) is 3.30. The second kappa shape index (κ2) is 9.67. The molecule has 1 aliphatic heterocycles. The van der Waals surface area contributed by atoms with E-state index in [0.29, 0.717) is 51.0 Å². The van der Waals surface area contributed by atoms with E-state index in [4.69, 9.17) is 4.74 Å². The van der Waals surface area contributed by atoms with E-state index in [1.807, 2.05) is 48.5 Å². The highest BCUT2D eigenvalue weighted by Crippen LogP contribution is 2.44. The monoisotopic (exact) mass is 508 g/mol. The summed E-state index contributed by atoms with van der Waals surface area (Å²) in [5.41, 5.74) is 1.92. The average molecular weight is 509 g/mol. The second-order valence-electron chi connectivity index (χ2n) is 8.19. The van der Waals surface area contributed by atoms with Crippen molar-refractivity contribution >= 4 is 50.7 Å². The minimum Gasteiger partial charge on any atom is -0.457 e. The maximum absolute atomic E-state index is 13.2. The van der Waals surface area contributed by atoms with E-state index in [9.17, 15) is 9.59 Å². The number of nitrogens with zero attached hydrogens (tertiary/aromatic N) is 4. The lowest BCUT2D eigenvalue weighted by Gasteiger charge is -2.27. The van der Waals surface area contributed by atoms with Crippen LogP contribution in [0.1, 0.15) is 15.4 Å². The number of ether oxygens (including phenoxy) is 1. The van der Waals surface area contributed by atoms with Gasteiger partial charge in [0.2, 0.25) is 0 Å². The molecule has 0 aliphatic carbocycles. The number of hydrogen-bond acceptors (Lipinski definition) is 7. The Hall–Kier alpha value is -4.83. The zero-order chi connectivity index (χ0) is 25.2. The molecular formula is C27H20N6O3S. The maximum atomic E-state index is 13.2. The first-order valence-electron chi connectivity index (χ1n) is 11.6. The number of carbonyl (C=O) groups is 2. The molecular weight excluding hydrogens is 488 g/mol. The highest BCUT2D eigenvalue weighted by Gasteiger charge is 2.33. The Morgan fingerprint density at radius 2 is 1.73 bits per heavy atom. The molecule has 5 aromatic rings. The van der Waals surface area contributed by atoms with E-state index < -0.39 is 6.03 Å². The molecule has 0 spiro atoms. The van der Waals surface area contributed by atoms with Gasteiger partial charge in [0.25, 0.3) is 5.91 Å². The molecule has 0 unspecified atom stereocenters. The van der Waals surface area contributed by atoms with Crippen LogP contribution in [0.5, 0.6) is 11.5 Å². The zero-order valence-corrected chi connectivity index (χ0v) is 20.2. The van der Waals surface area contributed by atoms with Crippen LogP contribution in [-0.4, -0.2) is 33.4 Å². The van der Waals surface area contributed by atoms with Crippen LogP contribution in [0.15, 0.2) is 85.3 Å². The van der Waals surface area contributed by atoms with E-state index in [1.54, 1.807) is 30.5 Å². The van der Waals surface area contributed by atoms with Crippen molar-refractivity contribution in [3.8, 4) is 11.5 Å². The Balaban J connectivity index is 1.26. The molecule has 0 saturated carbocycles. The van der Waals surface area contributed by atoms with Crippen LogP contribution in [0.4, 0.5) is 22.0 Å². The summed E-state index contributed by atoms with van der Waals surface area (Å²) >= 11 is 1.22. The van der Waals surface area contributed by atoms with Crippen LogP contribution in [0.2, 0.25) is 0 Å². The summed E-state index contributed by atoms with van der Waals surface area (Å²) in [5.74, 6) is 1.50. The van der Waals surface area contributed by atoms with Crippen LogP contribution < -0.4 is 20.3 Å². The van der Waals surface area contributed by atoms with Crippen LogP contribution in [0, 0.1) is 0 Å². The Labute approximate surface area is 215 Å². The summed E-state index contributed by atoms with van der Waals surface area (Å²) in [4.78, 5) is 41.7. The van der Waals surface area contributed by atoms with Gasteiger partial charge in [0.05, 0.1) is 16.8 Å². The first-order chi connectivity index (χ1) is 18.2. The van der Waals surface area contributed by atoms with Crippen molar-refractivity contribution in [3.05, 3.63) is 95.9 Å². The molecule has 37 heavy (non-hydrogen) atoms. The quantitative estimate of drug-likeness (QED) is 0.299. The van der Waals surface area contributed by atoms with Gasteiger partial charge in [-0.15, -0.1) is 11.3 Å². The van der Waals surface area contributed by atoms with Crippen molar-refractivity contribution in [3.63, 3.8) is 0 Å². The topological polar surface area (TPSA) is 109 Å². The zero-order valence-electron chi connectivity index (χ0n) is 19.4. The third-order valence-corrected chi connectivity index (χ3v) is 6.88. The molecule has 2 aromatic carbocycles. The Morgan fingerprint density at radius 3 is 2.51 bits per heavy atom. The fourth-order valence-electron chi connectivity index (χ4n) is 4.08. The van der Waals surface area contributed by atoms with Gasteiger partial charge in [-0.25, -0.2) is 19.7 Å². The summed E-state index contributed by atoms with van der Waals surface area (Å²) < 4.78 is 5.86. The van der Waals surface area contributed by atoms with Gasteiger partial charge >= 0.3 is 6.03 Å². The molecule has 0 atom stereocenters. The van der Waals surface area contributed by atoms with Crippen molar-refractivity contribution in [2.24, 2.45) is 0 Å². The number of rotatable bonds is 7. The number of hydrogen-bond donors (Lipinski definition) is 2. The number of anilines is 3. The van der Waals surface area contributed by atoms with E-state index in [-0.39, 0.29) is 5.91 Å². The smallest absolute Gasteiger partial charge is 0.332 e. The minimum atomic E-state index is -0.412. The van der Waals surface area contributed by atoms with Gasteiger partial charge in [-0.1, -0.05) is 24.3 Å². The van der Waals surface area contributed by atoms with Crippen LogP contribution in [0.25, 0.3) is 10.2 Å². The minimum absolute atomic E-state index is 0.281. The predicted octanol–water partition coefficient (Wildman–Crippen LogP) is 5.53. The number of nitrogens with one attached hydrogen (secondary N) is 2. The molecule has 1 aliphatic rings. The van der Waals surface area contributed by atoms with Crippen molar-refractivity contribution in [1.82, 2.24) is 20.3 Å². The summed E-state index contributed by atoms with van der Waals surface area (Å²) in [7, 11) is 0. The third kappa shape index (κ3) is 4.45. The van der Waals surface area contributed by atoms with Gasteiger partial charge in [-0.2, -0.15) is 0 Å². The first-order valence-corrected chi connectivity index (χ1v) is 12.4. The van der Waals surface area contributed by atoms with Gasteiger partial charge < -0.3 is 15.4 Å². The number of urea groups is 1. The van der Waals surface area contributed by atoms with Gasteiger partial charge in [0, 0.05) is 24.9 Å². The summed E-state index contributed by atoms with van der Waals surface area (Å²) in [6.07, 6.45) is 3.72. The largest absolute Gasteiger partial charge is 0.457 e. The lowest BCUT2D eigenvalue weighted by molar-refractivity contribution is 0.0959. The fraction of sp³-hybridized carbons (Fsp3) is 0.0741. The molecule has 4 heterocycles. The van der Waals surface area contributed by atoms with Crippen molar-refractivity contribution in [2.45, 2.75) is 6.42 Å². The molecule has 9 nitrogen and oxygen atoms in total. The molecule has 2 N–H and O–H groups in total. The molecule has 0 bridgehead atoms. The standard InChI is InChI=1S/C27H20N6O3S/c34-25(29-15-13-17-6-4-5-14-28-17)23-22-21-24(30-16-31-26(21)37-23)33(27(35)32-22)18-9-11-20(12-10-18)36-19-7-2-1-3-8-19/h1-12,14,16H,13,15H2,(H,29,34)(H,32,35). The Bertz CT molecular complexity index is 1590. The molecule has 3 amide bonds. The van der Waals surface area contributed by atoms with Crippen molar-refractivity contribution in [1.29, 1.82) is 0 Å². The molecule has 3 aromatic heterocycles. The van der Waals surface area contributed by atoms with Gasteiger partial charge in [0.15, 0.2) is 5.82 Å². The second-order valence-corrected chi connectivity index (χ2v) is 9.18. The maximum Gasteiger partial charge on any atom is 0.332 e. The number of carbonyl (C=O) groups excluding carboxylic acids is 2. The predicted molar refractivity (Wildman–Crippen MR) is 142 cm³/mol. The van der Waals surface area contributed by atoms with Gasteiger partial charge in [-0.3, -0.25) is 9.78 Å². The molecule has 0 saturated heterocycles. The molecule has 6 rings (SSSR count). The van der Waals surface area contributed by atoms with Gasteiger partial charge in [0.1, 0.15) is 27.5 Å². The lowest BCUT2D eigenvalue weighted by atomic mass is 10.2. The number of pyridine rings is 1. The van der Waals surface area contributed by atoms with Crippen LogP contribution in [0.3, 0.4) is 0 Å². The SMILES string of the molecule is O=C(NCCc1ccccn1)c1sc2ncnc3c2c1NC(=O)N3c1ccc(Oc2ccccc2)cc1. The highest BCUT2D eigenvalue weighted by molar-refractivity contribution is 7.21. The Kier molecular flexibility index (Phi) is 5.91. The number of aromatic nitrogens is 3. The first kappa shape index (κ1) is 22.6. The number of benzene rings is 2. The number of thiophene rings is 1. The van der Waals surface area contributed by atoms with Crippen LogP contribution in [-0.2, 0) is 6.42 Å². The number of para-hydroxylation sites is 1. The van der Waals surface area contributed by atoms with E-state index in [1.165, 1.54) is 22.6 Å². The Morgan fingerprint density at radius 1 is 0.946 bits per heavy atom. The van der Waals surface area contributed by atoms with Crippen molar-refractivity contribution in [2.75, 3.05) is 16.8 Å². The molecule has 0 fully saturated rings. The summed E-state index contributed by atoms with van der Waals surface area (Å²) in [6.45, 7) is 0.416. The summed E-state index contributed by atoms with van der Waals surface area (Å²) in [6, 6.07) is 21.9. The normalized spacial score (nSPS) is 12.3. The number of amides is 3. The fourth-order valence-corrected chi connectivity index (χ4v) is 5.09. The molecule has 0 radical (unpaired) electrons. The molecule has 182 valence electrons. The summed E-state index contributed by atoms with van der Waals surface area (Å²) in [5, 5.41) is 6.42. The third-order valence-electron chi connectivity index (χ3n) is 5.79. The highest BCUT2D eigenvalue weighted by atomic mass is 32.1. The van der Waals surface area contributed by atoms with E-state index in [2.05, 4.69) is 25.6 Å². The van der Waals surface area contributed by atoms with Crippen molar-refractivity contribution < 1.29 is 14.3 Å². The van der Waals surface area contributed by atoms with E-state index >= 15 is 0 Å². The lowest BCUT2D eigenvalue weighted by Crippen LogP contribution is -2.35. The van der Waals surface area contributed by atoms with E-state index in [0.717, 1.165) is 11.4 Å². The van der Waals surface area contributed by atoms with Gasteiger partial charge in [-0.05, 0) is 48.5 Å².